The Hall–Kier alpha value is -1.06. The van der Waals surface area contributed by atoms with Crippen LogP contribution in [0.5, 0.6) is 0 Å². The summed E-state index contributed by atoms with van der Waals surface area (Å²) >= 11 is 3.62. The molecule has 0 saturated carbocycles. The Kier molecular flexibility index (Phi) is 3.76. The fourth-order valence-electron chi connectivity index (χ4n) is 2.70. The second-order valence-corrected chi connectivity index (χ2v) is 6.05. The Balaban J connectivity index is 1.90. The van der Waals surface area contributed by atoms with Gasteiger partial charge in [0.2, 0.25) is 0 Å². The molecular weight excluding hydrogens is 302 g/mol. The summed E-state index contributed by atoms with van der Waals surface area (Å²) in [5.74, 6) is 0.613. The van der Waals surface area contributed by atoms with Crippen LogP contribution in [-0.2, 0) is 4.74 Å². The fourth-order valence-corrected chi connectivity index (χ4v) is 3.18. The highest BCUT2D eigenvalue weighted by Crippen LogP contribution is 2.31. The molecule has 0 amide bonds. The van der Waals surface area contributed by atoms with Crippen LogP contribution >= 0.6 is 15.9 Å². The van der Waals surface area contributed by atoms with Crippen LogP contribution in [0.4, 0.5) is 5.69 Å². The van der Waals surface area contributed by atoms with Gasteiger partial charge < -0.3 is 10.1 Å². The van der Waals surface area contributed by atoms with Crippen molar-refractivity contribution in [2.45, 2.75) is 19.4 Å². The van der Waals surface area contributed by atoms with E-state index in [0.29, 0.717) is 12.0 Å². The third kappa shape index (κ3) is 2.63. The zero-order chi connectivity index (χ0) is 13.2. The first-order valence-electron chi connectivity index (χ1n) is 6.77. The van der Waals surface area contributed by atoms with Gasteiger partial charge in [-0.2, -0.15) is 0 Å². The Bertz CT molecular complexity index is 578. The highest BCUT2D eigenvalue weighted by atomic mass is 79.9. The maximum absolute atomic E-state index is 5.48. The summed E-state index contributed by atoms with van der Waals surface area (Å²) in [6.45, 7) is 4.02. The molecule has 100 valence electrons. The summed E-state index contributed by atoms with van der Waals surface area (Å²) in [7, 11) is 0. The molecule has 1 N–H and O–H groups in total. The van der Waals surface area contributed by atoms with Gasteiger partial charge in [-0.1, -0.05) is 40.2 Å². The number of anilines is 1. The molecule has 0 aromatic heterocycles. The second kappa shape index (κ2) is 5.51. The summed E-state index contributed by atoms with van der Waals surface area (Å²) in [6.07, 6.45) is 1.16. The van der Waals surface area contributed by atoms with E-state index in [2.05, 4.69) is 64.6 Å². The van der Waals surface area contributed by atoms with Gasteiger partial charge in [0.25, 0.3) is 0 Å². The maximum atomic E-state index is 5.48. The third-order valence-corrected chi connectivity index (χ3v) is 4.62. The average molecular weight is 320 g/mol. The van der Waals surface area contributed by atoms with Crippen molar-refractivity contribution in [1.29, 1.82) is 0 Å². The minimum absolute atomic E-state index is 0.437. The number of ether oxygens (including phenoxy) is 1. The summed E-state index contributed by atoms with van der Waals surface area (Å²) in [4.78, 5) is 0. The van der Waals surface area contributed by atoms with Crippen LogP contribution in [0.3, 0.4) is 0 Å². The molecule has 3 rings (SSSR count). The van der Waals surface area contributed by atoms with Crippen molar-refractivity contribution in [1.82, 2.24) is 0 Å². The van der Waals surface area contributed by atoms with Crippen LogP contribution in [0.15, 0.2) is 40.9 Å². The van der Waals surface area contributed by atoms with Gasteiger partial charge in [-0.15, -0.1) is 0 Å². The lowest BCUT2D eigenvalue weighted by Crippen LogP contribution is -2.26. The highest BCUT2D eigenvalue weighted by Gasteiger charge is 2.22. The van der Waals surface area contributed by atoms with Crippen molar-refractivity contribution in [3.63, 3.8) is 0 Å². The lowest BCUT2D eigenvalue weighted by molar-refractivity contribution is 0.183. The van der Waals surface area contributed by atoms with Crippen LogP contribution in [0.25, 0.3) is 10.8 Å². The highest BCUT2D eigenvalue weighted by molar-refractivity contribution is 9.10. The lowest BCUT2D eigenvalue weighted by atomic mass is 9.99. The third-order valence-electron chi connectivity index (χ3n) is 3.93. The number of halogens is 1. The topological polar surface area (TPSA) is 21.3 Å². The largest absolute Gasteiger partial charge is 0.382 e. The molecule has 3 heteroatoms. The number of hydrogen-bond donors (Lipinski definition) is 1. The van der Waals surface area contributed by atoms with E-state index >= 15 is 0 Å². The normalized spacial score (nSPS) is 20.6. The average Bonchev–Trinajstić information content (AvgIpc) is 2.96. The van der Waals surface area contributed by atoms with E-state index < -0.39 is 0 Å². The molecule has 1 saturated heterocycles. The number of hydrogen-bond acceptors (Lipinski definition) is 2. The lowest BCUT2D eigenvalue weighted by Gasteiger charge is -2.21. The van der Waals surface area contributed by atoms with Crippen LogP contribution < -0.4 is 5.32 Å². The predicted molar refractivity (Wildman–Crippen MR) is 83.7 cm³/mol. The number of fused-ring (bicyclic) bond motifs is 1. The summed E-state index contributed by atoms with van der Waals surface area (Å²) in [6, 6.07) is 13.2. The van der Waals surface area contributed by atoms with E-state index in [1.54, 1.807) is 0 Å². The van der Waals surface area contributed by atoms with Crippen molar-refractivity contribution in [2.24, 2.45) is 5.92 Å². The van der Waals surface area contributed by atoms with Gasteiger partial charge in [-0.25, -0.2) is 0 Å². The van der Waals surface area contributed by atoms with Crippen molar-refractivity contribution >= 4 is 32.4 Å². The molecule has 1 aliphatic heterocycles. The second-order valence-electron chi connectivity index (χ2n) is 5.20. The van der Waals surface area contributed by atoms with E-state index in [1.165, 1.54) is 16.5 Å². The zero-order valence-electron chi connectivity index (χ0n) is 11.0. The van der Waals surface area contributed by atoms with Gasteiger partial charge in [0.15, 0.2) is 0 Å². The fraction of sp³-hybridized carbons (Fsp3) is 0.375. The van der Waals surface area contributed by atoms with Gasteiger partial charge in [0, 0.05) is 34.1 Å². The standard InChI is InChI=1S/C16H18BrNO/c1-11(12-8-9-19-10-12)18-16-7-6-15(17)13-4-2-3-5-14(13)16/h2-7,11-12,18H,8-10H2,1H3. The van der Waals surface area contributed by atoms with E-state index in [4.69, 9.17) is 4.74 Å². The summed E-state index contributed by atoms with van der Waals surface area (Å²) in [5.41, 5.74) is 1.21. The first-order valence-corrected chi connectivity index (χ1v) is 7.56. The van der Waals surface area contributed by atoms with E-state index in [9.17, 15) is 0 Å². The summed E-state index contributed by atoms with van der Waals surface area (Å²) < 4.78 is 6.62. The zero-order valence-corrected chi connectivity index (χ0v) is 12.6. The molecule has 2 nitrogen and oxygen atoms in total. The van der Waals surface area contributed by atoms with E-state index in [-0.39, 0.29) is 0 Å². The first-order chi connectivity index (χ1) is 9.25. The SMILES string of the molecule is CC(Nc1ccc(Br)c2ccccc12)C1CCOC1. The Morgan fingerprint density at radius 2 is 2.00 bits per heavy atom. The predicted octanol–water partition coefficient (Wildman–Crippen LogP) is 4.44. The Morgan fingerprint density at radius 1 is 1.21 bits per heavy atom. The molecule has 0 radical (unpaired) electrons. The van der Waals surface area contributed by atoms with Gasteiger partial charge >= 0.3 is 0 Å². The van der Waals surface area contributed by atoms with E-state index in [1.807, 2.05) is 0 Å². The number of rotatable bonds is 3. The molecule has 0 aliphatic carbocycles. The quantitative estimate of drug-likeness (QED) is 0.903. The van der Waals surface area contributed by atoms with Gasteiger partial charge in [-0.05, 0) is 30.9 Å². The minimum Gasteiger partial charge on any atom is -0.382 e. The van der Waals surface area contributed by atoms with Crippen molar-refractivity contribution in [3.05, 3.63) is 40.9 Å². The molecule has 0 spiro atoms. The number of benzene rings is 2. The number of nitrogens with one attached hydrogen (secondary N) is 1. The van der Waals surface area contributed by atoms with Gasteiger partial charge in [0.1, 0.15) is 0 Å². The van der Waals surface area contributed by atoms with Gasteiger partial charge in [-0.3, -0.25) is 0 Å². The molecule has 2 aromatic carbocycles. The van der Waals surface area contributed by atoms with Crippen LogP contribution in [-0.4, -0.2) is 19.3 Å². The van der Waals surface area contributed by atoms with Crippen LogP contribution in [0.1, 0.15) is 13.3 Å². The smallest absolute Gasteiger partial charge is 0.0514 e. The molecule has 1 aliphatic rings. The van der Waals surface area contributed by atoms with Crippen molar-refractivity contribution < 1.29 is 4.74 Å². The molecular formula is C16H18BrNO. The van der Waals surface area contributed by atoms with Gasteiger partial charge in [0.05, 0.1) is 6.61 Å². The summed E-state index contributed by atoms with van der Waals surface area (Å²) in [5, 5.41) is 6.17. The van der Waals surface area contributed by atoms with Crippen molar-refractivity contribution in [3.8, 4) is 0 Å². The first kappa shape index (κ1) is 12.9. The molecule has 1 heterocycles. The molecule has 0 bridgehead atoms. The Morgan fingerprint density at radius 3 is 2.74 bits per heavy atom. The molecule has 2 atom stereocenters. The molecule has 2 aromatic rings. The van der Waals surface area contributed by atoms with Crippen LogP contribution in [0.2, 0.25) is 0 Å². The monoisotopic (exact) mass is 319 g/mol. The van der Waals surface area contributed by atoms with Crippen molar-refractivity contribution in [2.75, 3.05) is 18.5 Å². The molecule has 19 heavy (non-hydrogen) atoms. The molecule has 1 fully saturated rings. The molecule has 2 unspecified atom stereocenters. The Labute approximate surface area is 122 Å². The maximum Gasteiger partial charge on any atom is 0.0514 e. The minimum atomic E-state index is 0.437. The van der Waals surface area contributed by atoms with Crippen LogP contribution in [0, 0.1) is 5.92 Å². The van der Waals surface area contributed by atoms with E-state index in [0.717, 1.165) is 24.1 Å².